The lowest BCUT2D eigenvalue weighted by Gasteiger charge is -2.33. The van der Waals surface area contributed by atoms with Crippen LogP contribution in [-0.4, -0.2) is 43.1 Å². The molecule has 0 aliphatic carbocycles. The molecule has 2 aliphatic heterocycles. The largest absolute Gasteiger partial charge is 0.373 e. The highest BCUT2D eigenvalue weighted by atomic mass is 35.5. The molecular formula is C17H22Cl2N2O2. The second kappa shape index (κ2) is 7.84. The van der Waals surface area contributed by atoms with Gasteiger partial charge in [-0.25, -0.2) is 0 Å². The molecule has 0 saturated carbocycles. The zero-order valence-electron chi connectivity index (χ0n) is 13.1. The van der Waals surface area contributed by atoms with Gasteiger partial charge in [0.2, 0.25) is 5.91 Å². The van der Waals surface area contributed by atoms with Crippen LogP contribution in [0.25, 0.3) is 0 Å². The molecule has 2 fully saturated rings. The van der Waals surface area contributed by atoms with Crippen LogP contribution in [0.5, 0.6) is 0 Å². The predicted octanol–water partition coefficient (Wildman–Crippen LogP) is 3.11. The SMILES string of the molecule is O=C(C1CCNC1)N1CCC(OCc2ccc(Cl)c(Cl)c2)CC1. The summed E-state index contributed by atoms with van der Waals surface area (Å²) in [5, 5.41) is 4.37. The lowest BCUT2D eigenvalue weighted by Crippen LogP contribution is -2.44. The summed E-state index contributed by atoms with van der Waals surface area (Å²) in [5.74, 6) is 0.474. The number of rotatable bonds is 4. The van der Waals surface area contributed by atoms with Crippen LogP contribution in [0, 0.1) is 5.92 Å². The van der Waals surface area contributed by atoms with Crippen LogP contribution in [0.4, 0.5) is 0 Å². The summed E-state index contributed by atoms with van der Waals surface area (Å²) >= 11 is 11.9. The van der Waals surface area contributed by atoms with E-state index in [2.05, 4.69) is 5.32 Å². The van der Waals surface area contributed by atoms with Gasteiger partial charge in [0.1, 0.15) is 0 Å². The minimum atomic E-state index is 0.170. The highest BCUT2D eigenvalue weighted by molar-refractivity contribution is 6.42. The predicted molar refractivity (Wildman–Crippen MR) is 91.8 cm³/mol. The monoisotopic (exact) mass is 356 g/mol. The van der Waals surface area contributed by atoms with Gasteiger partial charge in [0.05, 0.1) is 28.7 Å². The second-order valence-corrected chi connectivity index (χ2v) is 7.09. The van der Waals surface area contributed by atoms with Crippen LogP contribution in [0.1, 0.15) is 24.8 Å². The number of halogens is 2. The van der Waals surface area contributed by atoms with Crippen molar-refractivity contribution in [1.82, 2.24) is 10.2 Å². The van der Waals surface area contributed by atoms with Gasteiger partial charge >= 0.3 is 0 Å². The quantitative estimate of drug-likeness (QED) is 0.900. The molecule has 6 heteroatoms. The summed E-state index contributed by atoms with van der Waals surface area (Å²) in [7, 11) is 0. The summed E-state index contributed by atoms with van der Waals surface area (Å²) in [4.78, 5) is 14.4. The van der Waals surface area contributed by atoms with Crippen molar-refractivity contribution in [3.05, 3.63) is 33.8 Å². The Bertz CT molecular complexity index is 554. The number of carbonyl (C=O) groups excluding carboxylic acids is 1. The van der Waals surface area contributed by atoms with Crippen LogP contribution in [0.3, 0.4) is 0 Å². The van der Waals surface area contributed by atoms with Gasteiger partial charge in [-0.1, -0.05) is 29.3 Å². The lowest BCUT2D eigenvalue weighted by molar-refractivity contribution is -0.137. The first-order chi connectivity index (χ1) is 11.1. The topological polar surface area (TPSA) is 41.6 Å². The minimum absolute atomic E-state index is 0.170. The molecule has 0 bridgehead atoms. The third-order valence-electron chi connectivity index (χ3n) is 4.63. The Morgan fingerprint density at radius 1 is 1.22 bits per heavy atom. The van der Waals surface area contributed by atoms with E-state index >= 15 is 0 Å². The number of nitrogens with zero attached hydrogens (tertiary/aromatic N) is 1. The van der Waals surface area contributed by atoms with Crippen LogP contribution < -0.4 is 5.32 Å². The van der Waals surface area contributed by atoms with E-state index in [1.807, 2.05) is 17.0 Å². The fourth-order valence-corrected chi connectivity index (χ4v) is 3.53. The Hall–Kier alpha value is -0.810. The van der Waals surface area contributed by atoms with Crippen molar-refractivity contribution in [2.75, 3.05) is 26.2 Å². The molecule has 1 N–H and O–H groups in total. The first-order valence-electron chi connectivity index (χ1n) is 8.18. The summed E-state index contributed by atoms with van der Waals surface area (Å²) in [5.41, 5.74) is 1.02. The molecule has 1 aromatic carbocycles. The number of benzene rings is 1. The van der Waals surface area contributed by atoms with Gasteiger partial charge < -0.3 is 15.0 Å². The van der Waals surface area contributed by atoms with Crippen LogP contribution >= 0.6 is 23.2 Å². The third kappa shape index (κ3) is 4.38. The fraction of sp³-hybridized carbons (Fsp3) is 0.588. The van der Waals surface area contributed by atoms with E-state index in [1.165, 1.54) is 0 Å². The summed E-state index contributed by atoms with van der Waals surface area (Å²) in [6, 6.07) is 5.56. The minimum Gasteiger partial charge on any atom is -0.373 e. The van der Waals surface area contributed by atoms with Gasteiger partial charge in [-0.3, -0.25) is 4.79 Å². The zero-order valence-corrected chi connectivity index (χ0v) is 14.6. The highest BCUT2D eigenvalue weighted by Gasteiger charge is 2.30. The Kier molecular flexibility index (Phi) is 5.81. The van der Waals surface area contributed by atoms with Crippen molar-refractivity contribution in [2.24, 2.45) is 5.92 Å². The van der Waals surface area contributed by atoms with Crippen LogP contribution in [-0.2, 0) is 16.1 Å². The number of nitrogens with one attached hydrogen (secondary N) is 1. The van der Waals surface area contributed by atoms with Gasteiger partial charge in [-0.05, 0) is 43.5 Å². The molecule has 0 spiro atoms. The maximum Gasteiger partial charge on any atom is 0.227 e. The number of hydrogen-bond donors (Lipinski definition) is 1. The van der Waals surface area contributed by atoms with E-state index in [4.69, 9.17) is 27.9 Å². The van der Waals surface area contributed by atoms with E-state index in [0.717, 1.165) is 51.0 Å². The highest BCUT2D eigenvalue weighted by Crippen LogP contribution is 2.24. The van der Waals surface area contributed by atoms with Gasteiger partial charge in [0.15, 0.2) is 0 Å². The van der Waals surface area contributed by atoms with Crippen LogP contribution in [0.2, 0.25) is 10.0 Å². The van der Waals surface area contributed by atoms with E-state index in [1.54, 1.807) is 6.07 Å². The molecule has 0 radical (unpaired) electrons. The Balaban J connectivity index is 1.43. The molecule has 2 aliphatic rings. The van der Waals surface area contributed by atoms with Crippen molar-refractivity contribution < 1.29 is 9.53 Å². The number of piperidine rings is 1. The van der Waals surface area contributed by atoms with E-state index in [-0.39, 0.29) is 12.0 Å². The molecule has 3 rings (SSSR count). The summed E-state index contributed by atoms with van der Waals surface area (Å²) in [6.45, 7) is 3.90. The summed E-state index contributed by atoms with van der Waals surface area (Å²) < 4.78 is 5.97. The standard InChI is InChI=1S/C17H22Cl2N2O2/c18-15-2-1-12(9-16(15)19)11-23-14-4-7-21(8-5-14)17(22)13-3-6-20-10-13/h1-2,9,13-14,20H,3-8,10-11H2. The van der Waals surface area contributed by atoms with Crippen molar-refractivity contribution in [3.8, 4) is 0 Å². The van der Waals surface area contributed by atoms with E-state index in [0.29, 0.717) is 22.6 Å². The van der Waals surface area contributed by atoms with E-state index in [9.17, 15) is 4.79 Å². The molecule has 1 amide bonds. The molecule has 4 nitrogen and oxygen atoms in total. The Morgan fingerprint density at radius 3 is 2.65 bits per heavy atom. The van der Waals surface area contributed by atoms with Crippen molar-refractivity contribution in [1.29, 1.82) is 0 Å². The molecule has 1 unspecified atom stereocenters. The van der Waals surface area contributed by atoms with Gasteiger partial charge in [-0.15, -0.1) is 0 Å². The van der Waals surface area contributed by atoms with Crippen LogP contribution in [0.15, 0.2) is 18.2 Å². The molecule has 1 aromatic rings. The first-order valence-corrected chi connectivity index (χ1v) is 8.94. The van der Waals surface area contributed by atoms with E-state index < -0.39 is 0 Å². The molecule has 2 heterocycles. The van der Waals surface area contributed by atoms with Gasteiger partial charge in [0.25, 0.3) is 0 Å². The smallest absolute Gasteiger partial charge is 0.227 e. The fourth-order valence-electron chi connectivity index (χ4n) is 3.21. The second-order valence-electron chi connectivity index (χ2n) is 6.27. The molecule has 2 saturated heterocycles. The lowest BCUT2D eigenvalue weighted by atomic mass is 10.0. The number of ether oxygens (including phenoxy) is 1. The normalized spacial score (nSPS) is 22.5. The average Bonchev–Trinajstić information content (AvgIpc) is 3.10. The summed E-state index contributed by atoms with van der Waals surface area (Å²) in [6.07, 6.45) is 2.96. The van der Waals surface area contributed by atoms with Crippen molar-refractivity contribution >= 4 is 29.1 Å². The molecule has 126 valence electrons. The molecule has 0 aromatic heterocycles. The zero-order chi connectivity index (χ0) is 16.2. The maximum atomic E-state index is 12.4. The maximum absolute atomic E-state index is 12.4. The van der Waals surface area contributed by atoms with Gasteiger partial charge in [-0.2, -0.15) is 0 Å². The van der Waals surface area contributed by atoms with Crippen molar-refractivity contribution in [2.45, 2.75) is 32.0 Å². The molecular weight excluding hydrogens is 335 g/mol. The van der Waals surface area contributed by atoms with Gasteiger partial charge in [0, 0.05) is 19.6 Å². The molecule has 23 heavy (non-hydrogen) atoms. The number of likely N-dealkylation sites (tertiary alicyclic amines) is 1. The number of amides is 1. The molecule has 1 atom stereocenters. The average molecular weight is 357 g/mol. The first kappa shape index (κ1) is 17.0. The number of hydrogen-bond acceptors (Lipinski definition) is 3. The number of carbonyl (C=O) groups is 1. The Morgan fingerprint density at radius 2 is 2.00 bits per heavy atom. The third-order valence-corrected chi connectivity index (χ3v) is 5.37. The Labute approximate surface area is 147 Å². The van der Waals surface area contributed by atoms with Crippen molar-refractivity contribution in [3.63, 3.8) is 0 Å².